The van der Waals surface area contributed by atoms with Crippen LogP contribution in [0.15, 0.2) is 24.3 Å². The summed E-state index contributed by atoms with van der Waals surface area (Å²) in [5.41, 5.74) is 1.80. The lowest BCUT2D eigenvalue weighted by Crippen LogP contribution is -2.45. The highest BCUT2D eigenvalue weighted by Crippen LogP contribution is 2.24. The van der Waals surface area contributed by atoms with Crippen LogP contribution in [0.3, 0.4) is 0 Å². The smallest absolute Gasteiger partial charge is 0.407 e. The Balaban J connectivity index is 2.93. The van der Waals surface area contributed by atoms with Crippen LogP contribution in [0.4, 0.5) is 4.79 Å². The van der Waals surface area contributed by atoms with Gasteiger partial charge in [0.25, 0.3) is 0 Å². The molecule has 0 saturated carbocycles. The number of rotatable bonds is 9. The number of hydrogen-bond acceptors (Lipinski definition) is 4. The summed E-state index contributed by atoms with van der Waals surface area (Å²) in [5, 5.41) is 2.10. The molecule has 1 amide bonds. The number of sulfone groups is 1. The van der Waals surface area contributed by atoms with Crippen molar-refractivity contribution in [1.29, 1.82) is 0 Å². The van der Waals surface area contributed by atoms with Gasteiger partial charge in [-0.2, -0.15) is 0 Å². The summed E-state index contributed by atoms with van der Waals surface area (Å²) in [5.74, 6) is -0.0911. The number of alkyl carbamates (subject to hydrolysis) is 1. The molecular formula is C19H31BNO4S. The number of carbonyl (C=O) groups excluding carboxylic acids is 1. The Morgan fingerprint density at radius 3 is 2.19 bits per heavy atom. The van der Waals surface area contributed by atoms with E-state index in [-0.39, 0.29) is 17.8 Å². The molecule has 0 fully saturated rings. The average molecular weight is 380 g/mol. The van der Waals surface area contributed by atoms with Crippen LogP contribution in [0, 0.1) is 5.92 Å². The Kier molecular flexibility index (Phi) is 8.67. The second kappa shape index (κ2) is 10.00. The molecule has 2 unspecified atom stereocenters. The molecule has 0 heterocycles. The van der Waals surface area contributed by atoms with E-state index >= 15 is 0 Å². The van der Waals surface area contributed by atoms with Gasteiger partial charge in [0.2, 0.25) is 0 Å². The van der Waals surface area contributed by atoms with Crippen molar-refractivity contribution >= 4 is 28.7 Å². The molecule has 1 aromatic carbocycles. The summed E-state index contributed by atoms with van der Waals surface area (Å²) >= 11 is 0. The third-order valence-corrected chi connectivity index (χ3v) is 6.84. The Morgan fingerprint density at radius 2 is 1.73 bits per heavy atom. The quantitative estimate of drug-likeness (QED) is 0.669. The Bertz CT molecular complexity index is 673. The van der Waals surface area contributed by atoms with Crippen molar-refractivity contribution in [2.75, 3.05) is 5.75 Å². The topological polar surface area (TPSA) is 72.5 Å². The molecule has 145 valence electrons. The molecule has 0 aliphatic rings. The van der Waals surface area contributed by atoms with E-state index in [9.17, 15) is 13.2 Å². The van der Waals surface area contributed by atoms with Crippen LogP contribution in [-0.2, 0) is 14.6 Å². The van der Waals surface area contributed by atoms with Crippen molar-refractivity contribution < 1.29 is 17.9 Å². The lowest BCUT2D eigenvalue weighted by Gasteiger charge is -2.26. The van der Waals surface area contributed by atoms with Gasteiger partial charge in [0.05, 0.1) is 17.1 Å². The minimum absolute atomic E-state index is 0.0220. The second-order valence-corrected chi connectivity index (χ2v) is 9.38. The number of amides is 1. The summed E-state index contributed by atoms with van der Waals surface area (Å²) in [7, 11) is -1.48. The number of benzene rings is 1. The van der Waals surface area contributed by atoms with Crippen LogP contribution < -0.4 is 10.8 Å². The van der Waals surface area contributed by atoms with Gasteiger partial charge in [-0.1, -0.05) is 56.8 Å². The third-order valence-electron chi connectivity index (χ3n) is 4.67. The van der Waals surface area contributed by atoms with E-state index < -0.39 is 27.2 Å². The van der Waals surface area contributed by atoms with Gasteiger partial charge >= 0.3 is 6.09 Å². The van der Waals surface area contributed by atoms with Crippen molar-refractivity contribution in [3.05, 3.63) is 29.8 Å². The molecule has 7 heteroatoms. The summed E-state index contributed by atoms with van der Waals surface area (Å²) in [6, 6.07) is 7.02. The van der Waals surface area contributed by atoms with Gasteiger partial charge in [-0.15, -0.1) is 0 Å². The molecule has 1 rings (SSSR count). The van der Waals surface area contributed by atoms with E-state index in [0.717, 1.165) is 17.4 Å². The molecule has 0 bridgehead atoms. The maximum absolute atomic E-state index is 12.9. The second-order valence-electron chi connectivity index (χ2n) is 7.02. The van der Waals surface area contributed by atoms with Crippen LogP contribution in [0.2, 0.25) is 6.82 Å². The van der Waals surface area contributed by atoms with Crippen molar-refractivity contribution in [2.24, 2.45) is 5.92 Å². The van der Waals surface area contributed by atoms with E-state index in [1.165, 1.54) is 0 Å². The molecule has 5 nitrogen and oxygen atoms in total. The van der Waals surface area contributed by atoms with Gasteiger partial charge in [-0.3, -0.25) is 0 Å². The maximum Gasteiger partial charge on any atom is 0.407 e. The van der Waals surface area contributed by atoms with Gasteiger partial charge in [-0.05, 0) is 32.3 Å². The summed E-state index contributed by atoms with van der Waals surface area (Å²) < 4.78 is 31.0. The highest BCUT2D eigenvalue weighted by molar-refractivity contribution is 7.91. The van der Waals surface area contributed by atoms with E-state index in [2.05, 4.69) is 5.32 Å². The van der Waals surface area contributed by atoms with E-state index in [0.29, 0.717) is 0 Å². The molecule has 0 saturated heterocycles. The SMILES string of the molecule is C[B]c1ccc(C(C)S(=O)(=O)C[C@@H](NC(=O)OC(C)C)C(C)CC)cc1. The minimum atomic E-state index is -3.44. The van der Waals surface area contributed by atoms with Crippen molar-refractivity contribution in [2.45, 2.75) is 65.3 Å². The largest absolute Gasteiger partial charge is 0.447 e. The molecule has 0 aromatic heterocycles. The van der Waals surface area contributed by atoms with Gasteiger partial charge in [0.15, 0.2) is 9.84 Å². The average Bonchev–Trinajstić information content (AvgIpc) is 2.58. The van der Waals surface area contributed by atoms with Gasteiger partial charge in [0.1, 0.15) is 7.28 Å². The fraction of sp³-hybridized carbons (Fsp3) is 0.632. The molecule has 0 aliphatic carbocycles. The van der Waals surface area contributed by atoms with Crippen LogP contribution >= 0.6 is 0 Å². The zero-order chi connectivity index (χ0) is 19.9. The first kappa shape index (κ1) is 22.5. The van der Waals surface area contributed by atoms with Crippen molar-refractivity contribution in [3.63, 3.8) is 0 Å². The molecule has 1 radical (unpaired) electrons. The van der Waals surface area contributed by atoms with Gasteiger partial charge < -0.3 is 10.1 Å². The Morgan fingerprint density at radius 1 is 1.15 bits per heavy atom. The fourth-order valence-corrected chi connectivity index (χ4v) is 4.37. The normalized spacial score (nSPS) is 15.2. The predicted molar refractivity (Wildman–Crippen MR) is 108 cm³/mol. The number of carbonyl (C=O) groups is 1. The fourth-order valence-electron chi connectivity index (χ4n) is 2.59. The monoisotopic (exact) mass is 380 g/mol. The number of hydrogen-bond donors (Lipinski definition) is 1. The van der Waals surface area contributed by atoms with Crippen LogP contribution in [0.25, 0.3) is 0 Å². The summed E-state index contributed by atoms with van der Waals surface area (Å²) in [4.78, 5) is 11.9. The van der Waals surface area contributed by atoms with E-state index in [4.69, 9.17) is 4.74 Å². The zero-order valence-electron chi connectivity index (χ0n) is 16.7. The van der Waals surface area contributed by atoms with Gasteiger partial charge in [-0.25, -0.2) is 13.2 Å². The van der Waals surface area contributed by atoms with Crippen LogP contribution in [0.1, 0.15) is 51.9 Å². The Hall–Kier alpha value is -1.50. The lowest BCUT2D eigenvalue weighted by atomic mass is 9.73. The Labute approximate surface area is 159 Å². The van der Waals surface area contributed by atoms with Crippen LogP contribution in [0.5, 0.6) is 0 Å². The number of nitrogens with one attached hydrogen (secondary N) is 1. The first-order valence-electron chi connectivity index (χ1n) is 9.18. The zero-order valence-corrected chi connectivity index (χ0v) is 17.5. The first-order chi connectivity index (χ1) is 12.1. The molecule has 0 spiro atoms. The summed E-state index contributed by atoms with van der Waals surface area (Å²) in [6.07, 6.45) is -0.0645. The van der Waals surface area contributed by atoms with E-state index in [1.54, 1.807) is 20.8 Å². The maximum atomic E-state index is 12.9. The summed E-state index contributed by atoms with van der Waals surface area (Å²) in [6.45, 7) is 11.1. The predicted octanol–water partition coefficient (Wildman–Crippen LogP) is 3.09. The lowest BCUT2D eigenvalue weighted by molar-refractivity contribution is 0.110. The standard InChI is InChI=1S/C19H31BNO4S/c1-7-14(4)18(21-19(22)25-13(2)3)12-26(23,24)15(5)16-8-10-17(20-6)11-9-16/h8-11,13-15,18H,7,12H2,1-6H3,(H,21,22)/t14?,15?,18-/m1/s1. The highest BCUT2D eigenvalue weighted by atomic mass is 32.2. The molecule has 1 N–H and O–H groups in total. The number of ether oxygens (including phenoxy) is 1. The van der Waals surface area contributed by atoms with Gasteiger partial charge in [0, 0.05) is 6.04 Å². The molecular weight excluding hydrogens is 349 g/mol. The molecule has 0 aliphatic heterocycles. The molecule has 26 heavy (non-hydrogen) atoms. The van der Waals surface area contributed by atoms with Crippen LogP contribution in [-0.4, -0.2) is 39.7 Å². The van der Waals surface area contributed by atoms with Crippen molar-refractivity contribution in [1.82, 2.24) is 5.32 Å². The first-order valence-corrected chi connectivity index (χ1v) is 10.9. The third kappa shape index (κ3) is 6.67. The molecule has 1 aromatic rings. The minimum Gasteiger partial charge on any atom is -0.447 e. The van der Waals surface area contributed by atoms with E-state index in [1.807, 2.05) is 52.2 Å². The van der Waals surface area contributed by atoms with Crippen molar-refractivity contribution in [3.8, 4) is 0 Å². The highest BCUT2D eigenvalue weighted by Gasteiger charge is 2.30. The molecule has 3 atom stereocenters.